The van der Waals surface area contributed by atoms with Gasteiger partial charge < -0.3 is 4.74 Å². The van der Waals surface area contributed by atoms with Crippen molar-refractivity contribution in [2.24, 2.45) is 0 Å². The van der Waals surface area contributed by atoms with Gasteiger partial charge in [-0.05, 0) is 23.3 Å². The maximum Gasteiger partial charge on any atom is 0.119 e. The number of benzene rings is 2. The Morgan fingerprint density at radius 2 is 1.44 bits per heavy atom. The fourth-order valence-electron chi connectivity index (χ4n) is 1.53. The second kappa shape index (κ2) is 5.57. The van der Waals surface area contributed by atoms with Gasteiger partial charge in [0.1, 0.15) is 12.4 Å². The van der Waals surface area contributed by atoms with E-state index in [0.29, 0.717) is 12.5 Å². The molecule has 0 aliphatic rings. The highest BCUT2D eigenvalue weighted by Gasteiger charge is 1.97. The molecule has 2 aromatic rings. The molecule has 1 nitrogen and oxygen atoms in total. The van der Waals surface area contributed by atoms with Crippen molar-refractivity contribution in [3.05, 3.63) is 54.6 Å². The number of alkyl halides is 1. The third-order valence-electron chi connectivity index (χ3n) is 2.31. The zero-order valence-corrected chi connectivity index (χ0v) is 9.65. The summed E-state index contributed by atoms with van der Waals surface area (Å²) < 4.78 is 5.41. The van der Waals surface area contributed by atoms with Gasteiger partial charge in [0.25, 0.3) is 0 Å². The van der Waals surface area contributed by atoms with Crippen LogP contribution in [-0.4, -0.2) is 12.5 Å². The molecule has 16 heavy (non-hydrogen) atoms. The van der Waals surface area contributed by atoms with E-state index in [-0.39, 0.29) is 0 Å². The van der Waals surface area contributed by atoms with Crippen molar-refractivity contribution in [3.8, 4) is 16.9 Å². The van der Waals surface area contributed by atoms with Crippen LogP contribution in [0.15, 0.2) is 54.6 Å². The Morgan fingerprint density at radius 1 is 0.812 bits per heavy atom. The first kappa shape index (κ1) is 11.0. The van der Waals surface area contributed by atoms with Crippen LogP contribution in [0.1, 0.15) is 0 Å². The van der Waals surface area contributed by atoms with Crippen molar-refractivity contribution >= 4 is 11.6 Å². The van der Waals surface area contributed by atoms with Crippen LogP contribution in [0.5, 0.6) is 5.75 Å². The Balaban J connectivity index is 2.13. The monoisotopic (exact) mass is 232 g/mol. The lowest BCUT2D eigenvalue weighted by Gasteiger charge is -2.05. The third kappa shape index (κ3) is 2.77. The lowest BCUT2D eigenvalue weighted by molar-refractivity contribution is 0.343. The molecule has 0 radical (unpaired) electrons. The summed E-state index contributed by atoms with van der Waals surface area (Å²) in [7, 11) is 0. The Kier molecular flexibility index (Phi) is 3.84. The molecule has 0 N–H and O–H groups in total. The average molecular weight is 233 g/mol. The highest BCUT2D eigenvalue weighted by atomic mass is 35.5. The zero-order chi connectivity index (χ0) is 11.2. The van der Waals surface area contributed by atoms with E-state index in [4.69, 9.17) is 16.3 Å². The Hall–Kier alpha value is -1.47. The first-order valence-electron chi connectivity index (χ1n) is 5.24. The normalized spacial score (nSPS) is 10.1. The SMILES string of the molecule is ClCCOc1ccc(-c2ccccc2)cc1. The highest BCUT2D eigenvalue weighted by molar-refractivity contribution is 6.18. The third-order valence-corrected chi connectivity index (χ3v) is 2.46. The summed E-state index contributed by atoms with van der Waals surface area (Å²) in [6.07, 6.45) is 0. The number of hydrogen-bond donors (Lipinski definition) is 0. The lowest BCUT2D eigenvalue weighted by Crippen LogP contribution is -1.97. The van der Waals surface area contributed by atoms with E-state index in [2.05, 4.69) is 24.3 Å². The van der Waals surface area contributed by atoms with E-state index < -0.39 is 0 Å². The van der Waals surface area contributed by atoms with Crippen molar-refractivity contribution in [3.63, 3.8) is 0 Å². The van der Waals surface area contributed by atoms with Gasteiger partial charge in [0.2, 0.25) is 0 Å². The fourth-order valence-corrected chi connectivity index (χ4v) is 1.61. The van der Waals surface area contributed by atoms with Crippen LogP contribution >= 0.6 is 11.6 Å². The molecule has 0 amide bonds. The number of rotatable bonds is 4. The quantitative estimate of drug-likeness (QED) is 0.725. The molecule has 0 aromatic heterocycles. The topological polar surface area (TPSA) is 9.23 Å². The van der Waals surface area contributed by atoms with E-state index in [1.54, 1.807) is 0 Å². The van der Waals surface area contributed by atoms with Crippen LogP contribution in [0.3, 0.4) is 0 Å². The molecule has 0 spiro atoms. The van der Waals surface area contributed by atoms with Gasteiger partial charge >= 0.3 is 0 Å². The maximum absolute atomic E-state index is 5.55. The predicted molar refractivity (Wildman–Crippen MR) is 68.1 cm³/mol. The van der Waals surface area contributed by atoms with Crippen molar-refractivity contribution in [1.82, 2.24) is 0 Å². The van der Waals surface area contributed by atoms with Crippen LogP contribution in [0.2, 0.25) is 0 Å². The van der Waals surface area contributed by atoms with Gasteiger partial charge in [0.15, 0.2) is 0 Å². The Morgan fingerprint density at radius 3 is 2.06 bits per heavy atom. The minimum Gasteiger partial charge on any atom is -0.492 e. The van der Waals surface area contributed by atoms with Crippen molar-refractivity contribution < 1.29 is 4.74 Å². The summed E-state index contributed by atoms with van der Waals surface area (Å²) in [5, 5.41) is 0. The molecule has 0 aliphatic carbocycles. The number of halogens is 1. The number of hydrogen-bond acceptors (Lipinski definition) is 1. The minimum absolute atomic E-state index is 0.514. The molecule has 0 aliphatic heterocycles. The Labute approximate surface area is 101 Å². The molecule has 0 unspecified atom stereocenters. The van der Waals surface area contributed by atoms with Gasteiger partial charge in [0, 0.05) is 0 Å². The fraction of sp³-hybridized carbons (Fsp3) is 0.143. The van der Waals surface area contributed by atoms with Gasteiger partial charge in [-0.15, -0.1) is 11.6 Å². The van der Waals surface area contributed by atoms with Gasteiger partial charge in [-0.3, -0.25) is 0 Å². The van der Waals surface area contributed by atoms with Crippen LogP contribution in [0.4, 0.5) is 0 Å². The van der Waals surface area contributed by atoms with Crippen LogP contribution in [-0.2, 0) is 0 Å². The molecule has 2 rings (SSSR count). The second-order valence-corrected chi connectivity index (χ2v) is 3.81. The smallest absolute Gasteiger partial charge is 0.119 e. The molecule has 0 saturated carbocycles. The van der Waals surface area contributed by atoms with Crippen LogP contribution < -0.4 is 4.74 Å². The van der Waals surface area contributed by atoms with Crippen molar-refractivity contribution in [1.29, 1.82) is 0 Å². The first-order valence-corrected chi connectivity index (χ1v) is 5.78. The van der Waals surface area contributed by atoms with Crippen LogP contribution in [0.25, 0.3) is 11.1 Å². The van der Waals surface area contributed by atoms with Crippen LogP contribution in [0, 0.1) is 0 Å². The molecule has 0 heterocycles. The summed E-state index contributed by atoms with van der Waals surface area (Å²) in [5.41, 5.74) is 2.41. The molecule has 2 aromatic carbocycles. The van der Waals surface area contributed by atoms with Gasteiger partial charge in [-0.1, -0.05) is 42.5 Å². The molecule has 2 heteroatoms. The summed E-state index contributed by atoms with van der Waals surface area (Å²) >= 11 is 5.55. The zero-order valence-electron chi connectivity index (χ0n) is 8.90. The van der Waals surface area contributed by atoms with E-state index in [1.165, 1.54) is 11.1 Å². The summed E-state index contributed by atoms with van der Waals surface area (Å²) in [5.74, 6) is 1.38. The van der Waals surface area contributed by atoms with E-state index in [1.807, 2.05) is 30.3 Å². The molecular weight excluding hydrogens is 220 g/mol. The number of ether oxygens (including phenoxy) is 1. The summed E-state index contributed by atoms with van der Waals surface area (Å²) in [6, 6.07) is 18.3. The van der Waals surface area contributed by atoms with E-state index >= 15 is 0 Å². The predicted octanol–water partition coefficient (Wildman–Crippen LogP) is 3.97. The standard InChI is InChI=1S/C14H13ClO/c15-10-11-16-14-8-6-13(7-9-14)12-4-2-1-3-5-12/h1-9H,10-11H2. The molecule has 0 atom stereocenters. The van der Waals surface area contributed by atoms with Gasteiger partial charge in [-0.2, -0.15) is 0 Å². The average Bonchev–Trinajstić information content (AvgIpc) is 2.38. The molecular formula is C14H13ClO. The minimum atomic E-state index is 0.514. The van der Waals surface area contributed by atoms with E-state index in [0.717, 1.165) is 5.75 Å². The van der Waals surface area contributed by atoms with Crippen molar-refractivity contribution in [2.75, 3.05) is 12.5 Å². The van der Waals surface area contributed by atoms with Gasteiger partial charge in [0.05, 0.1) is 5.88 Å². The largest absolute Gasteiger partial charge is 0.492 e. The molecule has 0 fully saturated rings. The Bertz CT molecular complexity index is 422. The first-order chi connectivity index (χ1) is 7.90. The van der Waals surface area contributed by atoms with Crippen molar-refractivity contribution in [2.45, 2.75) is 0 Å². The molecule has 0 saturated heterocycles. The maximum atomic E-state index is 5.55. The summed E-state index contributed by atoms with van der Waals surface area (Å²) in [4.78, 5) is 0. The molecule has 82 valence electrons. The second-order valence-electron chi connectivity index (χ2n) is 3.43. The molecule has 0 bridgehead atoms. The van der Waals surface area contributed by atoms with Gasteiger partial charge in [-0.25, -0.2) is 0 Å². The summed E-state index contributed by atoms with van der Waals surface area (Å²) in [6.45, 7) is 0.548. The van der Waals surface area contributed by atoms with E-state index in [9.17, 15) is 0 Å². The lowest BCUT2D eigenvalue weighted by atomic mass is 10.1. The highest BCUT2D eigenvalue weighted by Crippen LogP contribution is 2.21.